The number of esters is 1. The summed E-state index contributed by atoms with van der Waals surface area (Å²) in [6, 6.07) is 6.43. The predicted molar refractivity (Wildman–Crippen MR) is 74.4 cm³/mol. The summed E-state index contributed by atoms with van der Waals surface area (Å²) < 4.78 is 10.3. The number of ether oxygens (including phenoxy) is 2. The van der Waals surface area contributed by atoms with Crippen LogP contribution >= 0.6 is 0 Å². The van der Waals surface area contributed by atoms with Gasteiger partial charge >= 0.3 is 5.97 Å². The third-order valence-electron chi connectivity index (χ3n) is 3.59. The summed E-state index contributed by atoms with van der Waals surface area (Å²) >= 11 is 0. The van der Waals surface area contributed by atoms with Gasteiger partial charge in [0.2, 0.25) is 0 Å². The highest BCUT2D eigenvalue weighted by Gasteiger charge is 2.09. The van der Waals surface area contributed by atoms with E-state index in [1.165, 1.54) is 43.9 Å². The van der Waals surface area contributed by atoms with Gasteiger partial charge in [0, 0.05) is 6.42 Å². The van der Waals surface area contributed by atoms with Crippen molar-refractivity contribution in [2.45, 2.75) is 44.9 Å². The maximum absolute atomic E-state index is 10.9. The minimum Gasteiger partial charge on any atom is -0.494 e. The molecule has 0 bridgehead atoms. The Morgan fingerprint density at radius 1 is 1.16 bits per heavy atom. The normalized spacial score (nSPS) is 13.7. The Kier molecular flexibility index (Phi) is 5.25. The fourth-order valence-corrected chi connectivity index (χ4v) is 2.46. The van der Waals surface area contributed by atoms with Crippen LogP contribution in [0.25, 0.3) is 0 Å². The summed E-state index contributed by atoms with van der Waals surface area (Å²) in [6.07, 6.45) is 7.15. The Hall–Kier alpha value is -1.51. The molecule has 0 saturated heterocycles. The molecule has 0 aliphatic heterocycles. The largest absolute Gasteiger partial charge is 0.494 e. The molecule has 2 rings (SSSR count). The monoisotopic (exact) mass is 262 g/mol. The van der Waals surface area contributed by atoms with Crippen molar-refractivity contribution in [3.8, 4) is 5.75 Å². The minimum atomic E-state index is -0.145. The molecule has 19 heavy (non-hydrogen) atoms. The van der Waals surface area contributed by atoms with E-state index in [2.05, 4.69) is 22.9 Å². The molecule has 1 aromatic carbocycles. The summed E-state index contributed by atoms with van der Waals surface area (Å²) in [7, 11) is 1.42. The van der Waals surface area contributed by atoms with Crippen LogP contribution in [0, 0.1) is 0 Å². The molecule has 0 aromatic heterocycles. The average Bonchev–Trinajstić information content (AvgIpc) is 2.46. The van der Waals surface area contributed by atoms with Gasteiger partial charge < -0.3 is 9.47 Å². The Labute approximate surface area is 114 Å². The summed E-state index contributed by atoms with van der Waals surface area (Å²) in [5.41, 5.74) is 2.92. The lowest BCUT2D eigenvalue weighted by atomic mass is 9.92. The van der Waals surface area contributed by atoms with Gasteiger partial charge in [0.15, 0.2) is 0 Å². The molecule has 1 aliphatic carbocycles. The second-order valence-electron chi connectivity index (χ2n) is 5.02. The number of benzene rings is 1. The molecule has 1 aromatic rings. The number of rotatable bonds is 6. The first-order chi connectivity index (χ1) is 9.29. The number of hydrogen-bond donors (Lipinski definition) is 0. The lowest BCUT2D eigenvalue weighted by Gasteiger charge is -2.16. The molecular formula is C16H22O3. The van der Waals surface area contributed by atoms with E-state index in [1.54, 1.807) is 0 Å². The Morgan fingerprint density at radius 2 is 1.95 bits per heavy atom. The Bertz CT molecular complexity index is 426. The molecule has 0 atom stereocenters. The van der Waals surface area contributed by atoms with Gasteiger partial charge in [0.05, 0.1) is 13.7 Å². The van der Waals surface area contributed by atoms with Gasteiger partial charge in [0.25, 0.3) is 0 Å². The third kappa shape index (κ3) is 4.27. The van der Waals surface area contributed by atoms with E-state index in [9.17, 15) is 4.79 Å². The Morgan fingerprint density at radius 3 is 2.74 bits per heavy atom. The smallest absolute Gasteiger partial charge is 0.305 e. The highest BCUT2D eigenvalue weighted by molar-refractivity contribution is 5.68. The predicted octanol–water partition coefficient (Wildman–Crippen LogP) is 3.29. The van der Waals surface area contributed by atoms with E-state index in [4.69, 9.17) is 4.74 Å². The number of unbranched alkanes of at least 4 members (excludes halogenated alkanes) is 1. The van der Waals surface area contributed by atoms with E-state index < -0.39 is 0 Å². The first-order valence-electron chi connectivity index (χ1n) is 7.11. The van der Waals surface area contributed by atoms with Crippen LogP contribution in [0.2, 0.25) is 0 Å². The first kappa shape index (κ1) is 13.9. The number of hydrogen-bond acceptors (Lipinski definition) is 3. The fraction of sp³-hybridized carbons (Fsp3) is 0.562. The van der Waals surface area contributed by atoms with E-state index in [0.29, 0.717) is 13.0 Å². The van der Waals surface area contributed by atoms with Crippen molar-refractivity contribution >= 4 is 5.97 Å². The average molecular weight is 262 g/mol. The third-order valence-corrected chi connectivity index (χ3v) is 3.59. The zero-order valence-electron chi connectivity index (χ0n) is 11.6. The zero-order chi connectivity index (χ0) is 13.5. The van der Waals surface area contributed by atoms with Crippen molar-refractivity contribution in [2.75, 3.05) is 13.7 Å². The minimum absolute atomic E-state index is 0.145. The molecule has 0 spiro atoms. The van der Waals surface area contributed by atoms with E-state index in [1.807, 2.05) is 0 Å². The number of aryl methyl sites for hydroxylation is 2. The summed E-state index contributed by atoms with van der Waals surface area (Å²) in [4.78, 5) is 10.9. The van der Waals surface area contributed by atoms with Crippen LogP contribution in [-0.4, -0.2) is 19.7 Å². The molecule has 0 amide bonds. The van der Waals surface area contributed by atoms with Crippen molar-refractivity contribution in [1.29, 1.82) is 0 Å². The van der Waals surface area contributed by atoms with Gasteiger partial charge in [0.1, 0.15) is 5.75 Å². The molecule has 104 valence electrons. The van der Waals surface area contributed by atoms with Gasteiger partial charge in [-0.3, -0.25) is 4.79 Å². The van der Waals surface area contributed by atoms with E-state index in [0.717, 1.165) is 18.6 Å². The van der Waals surface area contributed by atoms with Crippen LogP contribution in [0.1, 0.15) is 43.2 Å². The summed E-state index contributed by atoms with van der Waals surface area (Å²) in [5.74, 6) is 0.812. The van der Waals surface area contributed by atoms with Gasteiger partial charge in [-0.15, -0.1) is 0 Å². The van der Waals surface area contributed by atoms with Gasteiger partial charge in [-0.2, -0.15) is 0 Å². The second kappa shape index (κ2) is 7.17. The molecule has 0 unspecified atom stereocenters. The van der Waals surface area contributed by atoms with Crippen molar-refractivity contribution in [3.05, 3.63) is 29.3 Å². The van der Waals surface area contributed by atoms with Gasteiger partial charge in [-0.1, -0.05) is 6.07 Å². The van der Waals surface area contributed by atoms with Crippen molar-refractivity contribution < 1.29 is 14.3 Å². The molecule has 3 nitrogen and oxygen atoms in total. The first-order valence-corrected chi connectivity index (χ1v) is 7.11. The number of fused-ring (bicyclic) bond motifs is 1. The van der Waals surface area contributed by atoms with Crippen LogP contribution in [-0.2, 0) is 22.4 Å². The molecule has 0 radical (unpaired) electrons. The summed E-state index contributed by atoms with van der Waals surface area (Å²) in [6.45, 7) is 0.662. The van der Waals surface area contributed by atoms with Crippen molar-refractivity contribution in [2.24, 2.45) is 0 Å². The van der Waals surface area contributed by atoms with Crippen LogP contribution in [0.3, 0.4) is 0 Å². The lowest BCUT2D eigenvalue weighted by molar-refractivity contribution is -0.140. The van der Waals surface area contributed by atoms with Crippen LogP contribution in [0.4, 0.5) is 0 Å². The van der Waals surface area contributed by atoms with E-state index >= 15 is 0 Å². The van der Waals surface area contributed by atoms with Crippen LogP contribution < -0.4 is 4.74 Å². The van der Waals surface area contributed by atoms with Gasteiger partial charge in [-0.05, 0) is 61.8 Å². The second-order valence-corrected chi connectivity index (χ2v) is 5.02. The molecule has 0 heterocycles. The molecule has 3 heteroatoms. The SMILES string of the molecule is COC(=O)CCCCOc1ccc2c(c1)CCCC2. The number of methoxy groups -OCH3 is 1. The molecule has 0 saturated carbocycles. The number of carbonyl (C=O) groups is 1. The van der Waals surface area contributed by atoms with Crippen LogP contribution in [0.5, 0.6) is 5.75 Å². The van der Waals surface area contributed by atoms with Crippen molar-refractivity contribution in [1.82, 2.24) is 0 Å². The molecule has 1 aliphatic rings. The quantitative estimate of drug-likeness (QED) is 0.583. The maximum atomic E-state index is 10.9. The Balaban J connectivity index is 1.72. The highest BCUT2D eigenvalue weighted by atomic mass is 16.5. The highest BCUT2D eigenvalue weighted by Crippen LogP contribution is 2.25. The number of carbonyl (C=O) groups excluding carboxylic acids is 1. The molecular weight excluding hydrogens is 240 g/mol. The zero-order valence-corrected chi connectivity index (χ0v) is 11.6. The summed E-state index contributed by atoms with van der Waals surface area (Å²) in [5, 5.41) is 0. The van der Waals surface area contributed by atoms with Crippen molar-refractivity contribution in [3.63, 3.8) is 0 Å². The van der Waals surface area contributed by atoms with E-state index in [-0.39, 0.29) is 5.97 Å². The van der Waals surface area contributed by atoms with Gasteiger partial charge in [-0.25, -0.2) is 0 Å². The standard InChI is InChI=1S/C16H22O3/c1-18-16(17)8-4-5-11-19-15-10-9-13-6-2-3-7-14(13)12-15/h9-10,12H,2-8,11H2,1H3. The lowest BCUT2D eigenvalue weighted by Crippen LogP contribution is -2.05. The molecule has 0 fully saturated rings. The fourth-order valence-electron chi connectivity index (χ4n) is 2.46. The van der Waals surface area contributed by atoms with Crippen LogP contribution in [0.15, 0.2) is 18.2 Å². The molecule has 0 N–H and O–H groups in total. The maximum Gasteiger partial charge on any atom is 0.305 e. The topological polar surface area (TPSA) is 35.5 Å².